The SMILES string of the molecule is Nc1nc(N[C@]2(CO)C=CCC2)c([N+](=O)[O-])c(=O)[nH]1. The van der Waals surface area contributed by atoms with Crippen LogP contribution in [0.3, 0.4) is 0 Å². The summed E-state index contributed by atoms with van der Waals surface area (Å²) in [6.45, 7) is -0.269. The van der Waals surface area contributed by atoms with Crippen molar-refractivity contribution in [1.29, 1.82) is 0 Å². The number of rotatable bonds is 4. The summed E-state index contributed by atoms with van der Waals surface area (Å²) in [6, 6.07) is 0. The zero-order valence-electron chi connectivity index (χ0n) is 9.92. The van der Waals surface area contributed by atoms with Gasteiger partial charge < -0.3 is 16.2 Å². The Balaban J connectivity index is 2.47. The minimum Gasteiger partial charge on any atom is -0.394 e. The largest absolute Gasteiger partial charge is 0.394 e. The number of aliphatic hydroxyl groups excluding tert-OH is 1. The minimum atomic E-state index is -0.935. The highest BCUT2D eigenvalue weighted by Gasteiger charge is 2.33. The number of hydrogen-bond acceptors (Lipinski definition) is 7. The molecule has 0 bridgehead atoms. The molecular formula is C10H13N5O4. The molecule has 0 saturated heterocycles. The maximum atomic E-state index is 11.5. The number of nitrogen functional groups attached to an aromatic ring is 1. The second-order valence-electron chi connectivity index (χ2n) is 4.29. The second-order valence-corrected chi connectivity index (χ2v) is 4.29. The van der Waals surface area contributed by atoms with E-state index >= 15 is 0 Å². The molecule has 0 unspecified atom stereocenters. The highest BCUT2D eigenvalue weighted by Crippen LogP contribution is 2.29. The lowest BCUT2D eigenvalue weighted by Crippen LogP contribution is -2.39. The van der Waals surface area contributed by atoms with E-state index < -0.39 is 21.7 Å². The number of hydrogen-bond donors (Lipinski definition) is 4. The van der Waals surface area contributed by atoms with E-state index in [1.165, 1.54) is 0 Å². The molecule has 0 radical (unpaired) electrons. The van der Waals surface area contributed by atoms with E-state index in [-0.39, 0.29) is 18.4 Å². The van der Waals surface area contributed by atoms with Gasteiger partial charge in [0.15, 0.2) is 0 Å². The molecule has 5 N–H and O–H groups in total. The lowest BCUT2D eigenvalue weighted by Gasteiger charge is -2.26. The average molecular weight is 267 g/mol. The van der Waals surface area contributed by atoms with Crippen LogP contribution in [-0.4, -0.2) is 32.1 Å². The molecule has 1 aliphatic carbocycles. The van der Waals surface area contributed by atoms with Gasteiger partial charge in [-0.25, -0.2) is 0 Å². The number of aromatic nitrogens is 2. The second kappa shape index (κ2) is 4.69. The third-order valence-corrected chi connectivity index (χ3v) is 2.94. The van der Waals surface area contributed by atoms with Gasteiger partial charge in [0.1, 0.15) is 0 Å². The van der Waals surface area contributed by atoms with Crippen LogP contribution in [0.2, 0.25) is 0 Å². The quantitative estimate of drug-likeness (QED) is 0.334. The lowest BCUT2D eigenvalue weighted by atomic mass is 10.0. The normalized spacial score (nSPS) is 21.5. The molecule has 9 nitrogen and oxygen atoms in total. The molecule has 1 aromatic rings. The zero-order valence-corrected chi connectivity index (χ0v) is 9.92. The van der Waals surface area contributed by atoms with Crippen LogP contribution >= 0.6 is 0 Å². The van der Waals surface area contributed by atoms with Crippen molar-refractivity contribution in [3.8, 4) is 0 Å². The van der Waals surface area contributed by atoms with Gasteiger partial charge in [0.2, 0.25) is 11.8 Å². The van der Waals surface area contributed by atoms with Crippen molar-refractivity contribution in [2.75, 3.05) is 17.7 Å². The van der Waals surface area contributed by atoms with Gasteiger partial charge in [-0.1, -0.05) is 12.2 Å². The average Bonchev–Trinajstić information content (AvgIpc) is 2.76. The number of aliphatic hydroxyl groups is 1. The summed E-state index contributed by atoms with van der Waals surface area (Å²) in [5.74, 6) is -0.472. The predicted molar refractivity (Wildman–Crippen MR) is 67.7 cm³/mol. The van der Waals surface area contributed by atoms with E-state index in [1.807, 2.05) is 6.08 Å². The van der Waals surface area contributed by atoms with Gasteiger partial charge in [0.05, 0.1) is 17.1 Å². The fourth-order valence-electron chi connectivity index (χ4n) is 1.99. The Hall–Kier alpha value is -2.42. The molecule has 0 amide bonds. The van der Waals surface area contributed by atoms with Crippen LogP contribution in [0.4, 0.5) is 17.5 Å². The first-order chi connectivity index (χ1) is 8.97. The number of nitrogens with two attached hydrogens (primary N) is 1. The van der Waals surface area contributed by atoms with Crippen LogP contribution in [0.1, 0.15) is 12.8 Å². The summed E-state index contributed by atoms with van der Waals surface area (Å²) in [7, 11) is 0. The van der Waals surface area contributed by atoms with Crippen LogP contribution in [-0.2, 0) is 0 Å². The van der Waals surface area contributed by atoms with E-state index in [0.717, 1.165) is 6.42 Å². The molecule has 0 spiro atoms. The molecule has 102 valence electrons. The van der Waals surface area contributed by atoms with E-state index in [0.29, 0.717) is 6.42 Å². The summed E-state index contributed by atoms with van der Waals surface area (Å²) in [5.41, 5.74) is 2.87. The van der Waals surface area contributed by atoms with Crippen molar-refractivity contribution in [2.45, 2.75) is 18.4 Å². The van der Waals surface area contributed by atoms with Crippen LogP contribution in [0.5, 0.6) is 0 Å². The summed E-state index contributed by atoms with van der Waals surface area (Å²) < 4.78 is 0. The van der Waals surface area contributed by atoms with Gasteiger partial charge >= 0.3 is 11.2 Å². The Kier molecular flexibility index (Phi) is 3.21. The first kappa shape index (κ1) is 13.0. The molecule has 1 heterocycles. The lowest BCUT2D eigenvalue weighted by molar-refractivity contribution is -0.385. The molecule has 0 fully saturated rings. The highest BCUT2D eigenvalue weighted by molar-refractivity contribution is 5.58. The Labute approximate surface area is 107 Å². The van der Waals surface area contributed by atoms with E-state index in [4.69, 9.17) is 5.73 Å². The Morgan fingerprint density at radius 2 is 2.42 bits per heavy atom. The number of nitrogens with one attached hydrogen (secondary N) is 2. The van der Waals surface area contributed by atoms with Gasteiger partial charge in [0, 0.05) is 0 Å². The van der Waals surface area contributed by atoms with Gasteiger partial charge in [-0.05, 0) is 12.8 Å². The number of nitrogens with zero attached hydrogens (tertiary/aromatic N) is 2. The molecule has 0 aromatic carbocycles. The first-order valence-corrected chi connectivity index (χ1v) is 5.58. The predicted octanol–water partition coefficient (Wildman–Crippen LogP) is -0.247. The van der Waals surface area contributed by atoms with Crippen molar-refractivity contribution in [3.63, 3.8) is 0 Å². The maximum Gasteiger partial charge on any atom is 0.375 e. The number of aromatic amines is 1. The molecule has 9 heteroatoms. The Morgan fingerprint density at radius 1 is 1.68 bits per heavy atom. The van der Waals surface area contributed by atoms with E-state index in [2.05, 4.69) is 15.3 Å². The fraction of sp³-hybridized carbons (Fsp3) is 0.400. The summed E-state index contributed by atoms with van der Waals surface area (Å²) in [4.78, 5) is 27.4. The zero-order chi connectivity index (χ0) is 14.0. The molecule has 0 aliphatic heterocycles. The Bertz CT molecular complexity index is 596. The first-order valence-electron chi connectivity index (χ1n) is 5.58. The van der Waals surface area contributed by atoms with Gasteiger partial charge in [-0.2, -0.15) is 4.98 Å². The van der Waals surface area contributed by atoms with E-state index in [9.17, 15) is 20.0 Å². The van der Waals surface area contributed by atoms with Crippen molar-refractivity contribution < 1.29 is 10.0 Å². The number of anilines is 2. The molecule has 1 aliphatic rings. The number of allylic oxidation sites excluding steroid dienone is 1. The topological polar surface area (TPSA) is 147 Å². The molecule has 0 saturated carbocycles. The maximum absolute atomic E-state index is 11.5. The van der Waals surface area contributed by atoms with Gasteiger partial charge in [-0.3, -0.25) is 19.9 Å². The van der Waals surface area contributed by atoms with E-state index in [1.54, 1.807) is 6.08 Å². The van der Waals surface area contributed by atoms with Crippen LogP contribution in [0.15, 0.2) is 16.9 Å². The van der Waals surface area contributed by atoms with Gasteiger partial charge in [0.25, 0.3) is 0 Å². The third kappa shape index (κ3) is 2.40. The summed E-state index contributed by atoms with van der Waals surface area (Å²) >= 11 is 0. The van der Waals surface area contributed by atoms with Crippen molar-refractivity contribution in [2.24, 2.45) is 0 Å². The van der Waals surface area contributed by atoms with Gasteiger partial charge in [-0.15, -0.1) is 0 Å². The Morgan fingerprint density at radius 3 is 2.95 bits per heavy atom. The van der Waals surface area contributed by atoms with Crippen molar-refractivity contribution in [1.82, 2.24) is 9.97 Å². The molecule has 1 atom stereocenters. The van der Waals surface area contributed by atoms with Crippen LogP contribution < -0.4 is 16.6 Å². The number of H-pyrrole nitrogens is 1. The standard InChI is InChI=1S/C10H13N5O4/c11-9-12-7(6(15(18)19)8(17)13-9)14-10(5-16)3-1-2-4-10/h1,3,16H,2,4-5H2,(H4,11,12,13,14,17)/t10-/m1/s1. The molecule has 19 heavy (non-hydrogen) atoms. The highest BCUT2D eigenvalue weighted by atomic mass is 16.6. The smallest absolute Gasteiger partial charge is 0.375 e. The van der Waals surface area contributed by atoms with Crippen LogP contribution in [0, 0.1) is 10.1 Å². The minimum absolute atomic E-state index is 0.229. The molecule has 1 aromatic heterocycles. The number of nitro groups is 1. The van der Waals surface area contributed by atoms with Crippen molar-refractivity contribution >= 4 is 17.5 Å². The monoisotopic (exact) mass is 267 g/mol. The molecule has 2 rings (SSSR count). The van der Waals surface area contributed by atoms with Crippen LogP contribution in [0.25, 0.3) is 0 Å². The molecular weight excluding hydrogens is 254 g/mol. The fourth-order valence-corrected chi connectivity index (χ4v) is 1.99. The summed E-state index contributed by atoms with van der Waals surface area (Å²) in [6.07, 6.45) is 4.82. The summed E-state index contributed by atoms with van der Waals surface area (Å²) in [5, 5.41) is 23.1. The third-order valence-electron chi connectivity index (χ3n) is 2.94. The van der Waals surface area contributed by atoms with Crippen molar-refractivity contribution in [3.05, 3.63) is 32.6 Å².